The van der Waals surface area contributed by atoms with Crippen LogP contribution in [0.2, 0.25) is 0 Å². The number of nitrogens with two attached hydrogens (primary N) is 1. The molecule has 1 aromatic heterocycles. The highest BCUT2D eigenvalue weighted by molar-refractivity contribution is 5.67. The Morgan fingerprint density at radius 3 is 2.41 bits per heavy atom. The number of aryl methyl sites for hydroxylation is 1. The lowest BCUT2D eigenvalue weighted by atomic mass is 9.96. The topological polar surface area (TPSA) is 38.9 Å². The third-order valence-electron chi connectivity index (χ3n) is 3.98. The van der Waals surface area contributed by atoms with E-state index in [1.54, 1.807) is 6.20 Å². The smallest absolute Gasteiger partial charge is 0.0351 e. The summed E-state index contributed by atoms with van der Waals surface area (Å²) < 4.78 is 0. The van der Waals surface area contributed by atoms with Crippen LogP contribution in [0.4, 0.5) is 0 Å². The van der Waals surface area contributed by atoms with Crippen LogP contribution in [0.15, 0.2) is 73.1 Å². The summed E-state index contributed by atoms with van der Waals surface area (Å²) in [5.41, 5.74) is 12.4. The molecule has 1 unspecified atom stereocenters. The normalized spacial score (nSPS) is 12.1. The molecule has 22 heavy (non-hydrogen) atoms. The summed E-state index contributed by atoms with van der Waals surface area (Å²) in [6.45, 7) is 2.14. The monoisotopic (exact) mass is 288 g/mol. The molecule has 3 rings (SSSR count). The number of benzene rings is 2. The minimum Gasteiger partial charge on any atom is -0.324 e. The van der Waals surface area contributed by atoms with Crippen LogP contribution in [0, 0.1) is 6.92 Å². The van der Waals surface area contributed by atoms with E-state index in [0.29, 0.717) is 0 Å². The van der Waals surface area contributed by atoms with E-state index in [9.17, 15) is 0 Å². The van der Waals surface area contributed by atoms with Gasteiger partial charge in [0.25, 0.3) is 0 Å². The summed E-state index contributed by atoms with van der Waals surface area (Å²) in [5.74, 6) is 0. The molecular formula is C20H20N2. The number of aromatic nitrogens is 1. The van der Waals surface area contributed by atoms with Crippen LogP contribution in [0.5, 0.6) is 0 Å². The van der Waals surface area contributed by atoms with Gasteiger partial charge < -0.3 is 5.73 Å². The molecule has 0 aliphatic heterocycles. The molecule has 2 aromatic carbocycles. The fraction of sp³-hybridized carbons (Fsp3) is 0.150. The number of hydrogen-bond acceptors (Lipinski definition) is 2. The Kier molecular flexibility index (Phi) is 4.31. The van der Waals surface area contributed by atoms with Crippen molar-refractivity contribution in [1.29, 1.82) is 0 Å². The van der Waals surface area contributed by atoms with Crippen molar-refractivity contribution in [2.45, 2.75) is 19.4 Å². The van der Waals surface area contributed by atoms with Crippen molar-refractivity contribution in [3.63, 3.8) is 0 Å². The molecule has 0 bridgehead atoms. The molecule has 1 atom stereocenters. The van der Waals surface area contributed by atoms with Gasteiger partial charge in [0.1, 0.15) is 0 Å². The van der Waals surface area contributed by atoms with Crippen molar-refractivity contribution in [3.8, 4) is 11.1 Å². The van der Waals surface area contributed by atoms with E-state index in [-0.39, 0.29) is 6.04 Å². The molecule has 0 saturated carbocycles. The van der Waals surface area contributed by atoms with Crippen molar-refractivity contribution in [2.24, 2.45) is 5.73 Å². The SMILES string of the molecule is Cc1ccccc1-c1ccc(CC(N)c2cccnc2)cc1. The summed E-state index contributed by atoms with van der Waals surface area (Å²) in [5, 5.41) is 0. The lowest BCUT2D eigenvalue weighted by Crippen LogP contribution is -2.13. The standard InChI is InChI=1S/C20H20N2/c1-15-5-2-3-7-19(15)17-10-8-16(9-11-17)13-20(21)18-6-4-12-22-14-18/h2-12,14,20H,13,21H2,1H3. The van der Waals surface area contributed by atoms with Crippen LogP contribution in [-0.2, 0) is 6.42 Å². The van der Waals surface area contributed by atoms with Crippen LogP contribution in [0.1, 0.15) is 22.7 Å². The molecule has 0 aliphatic carbocycles. The Morgan fingerprint density at radius 2 is 1.73 bits per heavy atom. The van der Waals surface area contributed by atoms with Gasteiger partial charge in [0, 0.05) is 18.4 Å². The maximum atomic E-state index is 6.26. The number of rotatable bonds is 4. The fourth-order valence-corrected chi connectivity index (χ4v) is 2.68. The highest BCUT2D eigenvalue weighted by atomic mass is 14.7. The lowest BCUT2D eigenvalue weighted by Gasteiger charge is -2.12. The molecule has 0 spiro atoms. The number of nitrogens with zero attached hydrogens (tertiary/aromatic N) is 1. The zero-order valence-electron chi connectivity index (χ0n) is 12.7. The van der Waals surface area contributed by atoms with Gasteiger partial charge in [-0.1, -0.05) is 54.6 Å². The maximum absolute atomic E-state index is 6.26. The molecule has 0 fully saturated rings. The fourth-order valence-electron chi connectivity index (χ4n) is 2.68. The Bertz CT molecular complexity index is 733. The van der Waals surface area contributed by atoms with Crippen molar-refractivity contribution in [3.05, 3.63) is 89.7 Å². The quantitative estimate of drug-likeness (QED) is 0.777. The minimum absolute atomic E-state index is 0.0157. The van der Waals surface area contributed by atoms with E-state index in [2.05, 4.69) is 60.4 Å². The maximum Gasteiger partial charge on any atom is 0.0351 e. The molecular weight excluding hydrogens is 268 g/mol. The van der Waals surface area contributed by atoms with Gasteiger partial charge in [-0.3, -0.25) is 4.98 Å². The highest BCUT2D eigenvalue weighted by Crippen LogP contribution is 2.24. The van der Waals surface area contributed by atoms with Crippen LogP contribution in [0.25, 0.3) is 11.1 Å². The summed E-state index contributed by atoms with van der Waals surface area (Å²) in [6, 6.07) is 21.1. The van der Waals surface area contributed by atoms with Crippen LogP contribution < -0.4 is 5.73 Å². The van der Waals surface area contributed by atoms with Gasteiger partial charge >= 0.3 is 0 Å². The molecule has 3 aromatic rings. The molecule has 2 N–H and O–H groups in total. The lowest BCUT2D eigenvalue weighted by molar-refractivity contribution is 0.718. The van der Waals surface area contributed by atoms with Crippen LogP contribution >= 0.6 is 0 Å². The molecule has 110 valence electrons. The van der Waals surface area contributed by atoms with Crippen LogP contribution in [-0.4, -0.2) is 4.98 Å². The predicted octanol–water partition coefficient (Wildman–Crippen LogP) is 4.30. The Balaban J connectivity index is 1.76. The molecule has 0 saturated heterocycles. The molecule has 0 aliphatic rings. The molecule has 2 nitrogen and oxygen atoms in total. The first-order valence-corrected chi connectivity index (χ1v) is 7.54. The van der Waals surface area contributed by atoms with E-state index in [1.807, 2.05) is 18.3 Å². The van der Waals surface area contributed by atoms with Gasteiger partial charge in [0.15, 0.2) is 0 Å². The van der Waals surface area contributed by atoms with Gasteiger partial charge in [-0.25, -0.2) is 0 Å². The first-order chi connectivity index (χ1) is 10.7. The first kappa shape index (κ1) is 14.5. The van der Waals surface area contributed by atoms with E-state index in [1.165, 1.54) is 22.3 Å². The molecule has 0 amide bonds. The van der Waals surface area contributed by atoms with E-state index in [4.69, 9.17) is 5.73 Å². The van der Waals surface area contributed by atoms with Gasteiger partial charge in [-0.05, 0) is 47.2 Å². The third kappa shape index (κ3) is 3.23. The van der Waals surface area contributed by atoms with Gasteiger partial charge in [0.2, 0.25) is 0 Å². The van der Waals surface area contributed by atoms with E-state index in [0.717, 1.165) is 12.0 Å². The minimum atomic E-state index is -0.0157. The van der Waals surface area contributed by atoms with Crippen molar-refractivity contribution in [1.82, 2.24) is 4.98 Å². The summed E-state index contributed by atoms with van der Waals surface area (Å²) >= 11 is 0. The molecule has 1 heterocycles. The summed E-state index contributed by atoms with van der Waals surface area (Å²) in [7, 11) is 0. The highest BCUT2D eigenvalue weighted by Gasteiger charge is 2.07. The molecule has 0 radical (unpaired) electrons. The van der Waals surface area contributed by atoms with Crippen molar-refractivity contribution < 1.29 is 0 Å². The Labute approximate surface area is 131 Å². The Hall–Kier alpha value is -2.45. The number of pyridine rings is 1. The second-order valence-electron chi connectivity index (χ2n) is 5.61. The van der Waals surface area contributed by atoms with Crippen molar-refractivity contribution in [2.75, 3.05) is 0 Å². The van der Waals surface area contributed by atoms with E-state index < -0.39 is 0 Å². The average molecular weight is 288 g/mol. The van der Waals surface area contributed by atoms with Crippen molar-refractivity contribution >= 4 is 0 Å². The average Bonchev–Trinajstić information content (AvgIpc) is 2.57. The summed E-state index contributed by atoms with van der Waals surface area (Å²) in [6.07, 6.45) is 4.43. The third-order valence-corrected chi connectivity index (χ3v) is 3.98. The zero-order valence-corrected chi connectivity index (χ0v) is 12.7. The first-order valence-electron chi connectivity index (χ1n) is 7.54. The number of hydrogen-bond donors (Lipinski definition) is 1. The van der Waals surface area contributed by atoms with Gasteiger partial charge in [-0.2, -0.15) is 0 Å². The second kappa shape index (κ2) is 6.54. The second-order valence-corrected chi connectivity index (χ2v) is 5.61. The van der Waals surface area contributed by atoms with Gasteiger partial charge in [-0.15, -0.1) is 0 Å². The summed E-state index contributed by atoms with van der Waals surface area (Å²) in [4.78, 5) is 4.13. The molecule has 2 heteroatoms. The predicted molar refractivity (Wildman–Crippen MR) is 91.5 cm³/mol. The van der Waals surface area contributed by atoms with Crippen LogP contribution in [0.3, 0.4) is 0 Å². The zero-order chi connectivity index (χ0) is 15.4. The van der Waals surface area contributed by atoms with E-state index >= 15 is 0 Å². The largest absolute Gasteiger partial charge is 0.324 e. The Morgan fingerprint density at radius 1 is 0.955 bits per heavy atom. The van der Waals surface area contributed by atoms with Gasteiger partial charge in [0.05, 0.1) is 0 Å².